The maximum atomic E-state index is 12.9. The molecule has 3 aromatic rings. The first-order valence-electron chi connectivity index (χ1n) is 8.78. The van der Waals surface area contributed by atoms with Crippen LogP contribution in [-0.4, -0.2) is 43.9 Å². The summed E-state index contributed by atoms with van der Waals surface area (Å²) in [6, 6.07) is 8.99. The average Bonchev–Trinajstić information content (AvgIpc) is 3.08. The maximum absolute atomic E-state index is 12.9. The highest BCUT2D eigenvalue weighted by atomic mass is 19.1. The fourth-order valence-electron chi connectivity index (χ4n) is 2.95. The fraction of sp³-hybridized carbons (Fsp3) is 0.263. The van der Waals surface area contributed by atoms with Crippen LogP contribution in [0.1, 0.15) is 27.8 Å². The largest absolute Gasteiger partial charge is 0.487 e. The highest BCUT2D eigenvalue weighted by Gasteiger charge is 2.34. The number of carbonyl (C=O) groups is 1. The lowest BCUT2D eigenvalue weighted by Crippen LogP contribution is -2.51. The van der Waals surface area contributed by atoms with Crippen molar-refractivity contribution in [2.45, 2.75) is 19.6 Å². The predicted octanol–water partition coefficient (Wildman–Crippen LogP) is 1.69. The van der Waals surface area contributed by atoms with E-state index in [1.807, 2.05) is 0 Å². The van der Waals surface area contributed by atoms with Gasteiger partial charge in [0, 0.05) is 18.8 Å². The third-order valence-electron chi connectivity index (χ3n) is 4.57. The number of ether oxygens (including phenoxy) is 1. The minimum Gasteiger partial charge on any atom is -0.487 e. The van der Waals surface area contributed by atoms with Crippen LogP contribution in [-0.2, 0) is 6.61 Å². The molecule has 0 radical (unpaired) electrons. The standard InChI is InChI=1S/C19H18FN5O3/c1-12-2-7-17(18(26)21-12)19(27)24-9-15(10-24)25-8-14(22-23-25)11-28-16-5-3-13(20)4-6-16/h2-8,15H,9-11H2,1H3,(H,21,26). The molecule has 1 N–H and O–H groups in total. The normalized spacial score (nSPS) is 14.0. The number of hydrogen-bond donors (Lipinski definition) is 1. The molecule has 1 aliphatic rings. The smallest absolute Gasteiger partial charge is 0.260 e. The number of carbonyl (C=O) groups excluding carboxylic acids is 1. The minimum atomic E-state index is -0.380. The number of rotatable bonds is 5. The number of nitrogens with zero attached hydrogens (tertiary/aromatic N) is 4. The van der Waals surface area contributed by atoms with Gasteiger partial charge in [-0.05, 0) is 43.3 Å². The van der Waals surface area contributed by atoms with Crippen molar-refractivity contribution >= 4 is 5.91 Å². The van der Waals surface area contributed by atoms with Crippen molar-refractivity contribution < 1.29 is 13.9 Å². The van der Waals surface area contributed by atoms with Gasteiger partial charge >= 0.3 is 0 Å². The number of amides is 1. The van der Waals surface area contributed by atoms with E-state index in [9.17, 15) is 14.0 Å². The van der Waals surface area contributed by atoms with Crippen LogP contribution in [0.15, 0.2) is 47.4 Å². The third-order valence-corrected chi connectivity index (χ3v) is 4.57. The first kappa shape index (κ1) is 17.9. The molecular formula is C19H18FN5O3. The van der Waals surface area contributed by atoms with E-state index >= 15 is 0 Å². The zero-order chi connectivity index (χ0) is 19.7. The van der Waals surface area contributed by atoms with Gasteiger partial charge in [-0.25, -0.2) is 9.07 Å². The quantitative estimate of drug-likeness (QED) is 0.724. The second-order valence-corrected chi connectivity index (χ2v) is 6.68. The molecule has 3 heterocycles. The van der Waals surface area contributed by atoms with Crippen LogP contribution in [0.4, 0.5) is 4.39 Å². The van der Waals surface area contributed by atoms with Crippen molar-refractivity contribution in [3.05, 3.63) is 75.7 Å². The molecule has 144 valence electrons. The van der Waals surface area contributed by atoms with Gasteiger partial charge in [0.25, 0.3) is 11.5 Å². The molecule has 1 aromatic carbocycles. The number of pyridine rings is 1. The van der Waals surface area contributed by atoms with E-state index < -0.39 is 0 Å². The molecule has 1 aliphatic heterocycles. The van der Waals surface area contributed by atoms with Crippen LogP contribution in [0.5, 0.6) is 5.75 Å². The Hall–Kier alpha value is -3.49. The lowest BCUT2D eigenvalue weighted by atomic mass is 10.1. The lowest BCUT2D eigenvalue weighted by molar-refractivity contribution is 0.0496. The van der Waals surface area contributed by atoms with Gasteiger partial charge in [-0.3, -0.25) is 9.59 Å². The number of aryl methyl sites for hydroxylation is 1. The summed E-state index contributed by atoms with van der Waals surface area (Å²) in [5.74, 6) is -0.0767. The molecule has 4 rings (SSSR count). The Balaban J connectivity index is 1.33. The highest BCUT2D eigenvalue weighted by molar-refractivity contribution is 5.94. The summed E-state index contributed by atoms with van der Waals surface area (Å²) < 4.78 is 20.1. The summed E-state index contributed by atoms with van der Waals surface area (Å²) in [4.78, 5) is 28.6. The molecule has 0 atom stereocenters. The molecule has 1 saturated heterocycles. The number of halogens is 1. The second-order valence-electron chi connectivity index (χ2n) is 6.68. The number of hydrogen-bond acceptors (Lipinski definition) is 5. The molecule has 0 bridgehead atoms. The number of H-pyrrole nitrogens is 1. The molecule has 0 saturated carbocycles. The Labute approximate surface area is 159 Å². The molecule has 0 spiro atoms. The van der Waals surface area contributed by atoms with Crippen molar-refractivity contribution in [1.82, 2.24) is 24.9 Å². The van der Waals surface area contributed by atoms with Crippen LogP contribution < -0.4 is 10.3 Å². The second kappa shape index (κ2) is 7.26. The Morgan fingerprint density at radius 3 is 2.71 bits per heavy atom. The van der Waals surface area contributed by atoms with Crippen molar-refractivity contribution in [3.8, 4) is 5.75 Å². The van der Waals surface area contributed by atoms with Gasteiger partial charge < -0.3 is 14.6 Å². The van der Waals surface area contributed by atoms with Gasteiger partial charge in [0.1, 0.15) is 29.4 Å². The van der Waals surface area contributed by atoms with Crippen molar-refractivity contribution in [2.24, 2.45) is 0 Å². The SMILES string of the molecule is Cc1ccc(C(=O)N2CC(n3cc(COc4ccc(F)cc4)nn3)C2)c(=O)[nH]1. The van der Waals surface area contributed by atoms with E-state index in [1.54, 1.807) is 47.0 Å². The molecule has 0 unspecified atom stereocenters. The monoisotopic (exact) mass is 383 g/mol. The maximum Gasteiger partial charge on any atom is 0.260 e. The van der Waals surface area contributed by atoms with Crippen LogP contribution in [0.2, 0.25) is 0 Å². The van der Waals surface area contributed by atoms with Crippen LogP contribution >= 0.6 is 0 Å². The predicted molar refractivity (Wildman–Crippen MR) is 97.5 cm³/mol. The molecule has 8 nitrogen and oxygen atoms in total. The first-order chi connectivity index (χ1) is 13.5. The summed E-state index contributed by atoms with van der Waals surface area (Å²) in [6.45, 7) is 2.87. The lowest BCUT2D eigenvalue weighted by Gasteiger charge is -2.38. The summed E-state index contributed by atoms with van der Waals surface area (Å²) in [7, 11) is 0. The fourth-order valence-corrected chi connectivity index (χ4v) is 2.95. The van der Waals surface area contributed by atoms with Crippen LogP contribution in [0.25, 0.3) is 0 Å². The Bertz CT molecular complexity index is 1050. The molecule has 1 amide bonds. The zero-order valence-electron chi connectivity index (χ0n) is 15.1. The van der Waals surface area contributed by atoms with Gasteiger partial charge in [0.05, 0.1) is 12.2 Å². The molecular weight excluding hydrogens is 365 g/mol. The van der Waals surface area contributed by atoms with E-state index in [0.29, 0.717) is 30.2 Å². The molecule has 2 aromatic heterocycles. The van der Waals surface area contributed by atoms with Crippen LogP contribution in [0.3, 0.4) is 0 Å². The van der Waals surface area contributed by atoms with Crippen molar-refractivity contribution in [2.75, 3.05) is 13.1 Å². The van der Waals surface area contributed by atoms with Gasteiger partial charge in [-0.2, -0.15) is 0 Å². The van der Waals surface area contributed by atoms with E-state index in [1.165, 1.54) is 12.1 Å². The number of benzene rings is 1. The molecule has 9 heteroatoms. The summed E-state index contributed by atoms with van der Waals surface area (Å²) in [6.07, 6.45) is 1.76. The average molecular weight is 383 g/mol. The Morgan fingerprint density at radius 2 is 2.00 bits per heavy atom. The van der Waals surface area contributed by atoms with E-state index in [0.717, 1.165) is 0 Å². The molecule has 0 aliphatic carbocycles. The van der Waals surface area contributed by atoms with E-state index in [2.05, 4.69) is 15.3 Å². The van der Waals surface area contributed by atoms with Crippen LogP contribution in [0, 0.1) is 12.7 Å². The van der Waals surface area contributed by atoms with Crippen molar-refractivity contribution in [1.29, 1.82) is 0 Å². The Morgan fingerprint density at radius 1 is 1.25 bits per heavy atom. The number of nitrogens with one attached hydrogen (secondary N) is 1. The number of likely N-dealkylation sites (tertiary alicyclic amines) is 1. The summed E-state index contributed by atoms with van der Waals surface area (Å²) in [5.41, 5.74) is 1.09. The topological polar surface area (TPSA) is 93.1 Å². The van der Waals surface area contributed by atoms with E-state index in [4.69, 9.17) is 4.74 Å². The highest BCUT2D eigenvalue weighted by Crippen LogP contribution is 2.22. The van der Waals surface area contributed by atoms with Gasteiger partial charge in [0.15, 0.2) is 0 Å². The minimum absolute atomic E-state index is 0.000510. The number of aromatic amines is 1. The Kier molecular flexibility index (Phi) is 4.64. The summed E-state index contributed by atoms with van der Waals surface area (Å²) in [5, 5.41) is 8.14. The molecule has 28 heavy (non-hydrogen) atoms. The number of aromatic nitrogens is 4. The first-order valence-corrected chi connectivity index (χ1v) is 8.78. The zero-order valence-corrected chi connectivity index (χ0v) is 15.1. The molecule has 1 fully saturated rings. The van der Waals surface area contributed by atoms with Gasteiger partial charge in [-0.15, -0.1) is 5.10 Å². The summed E-state index contributed by atoms with van der Waals surface area (Å²) >= 11 is 0. The third kappa shape index (κ3) is 3.64. The van der Waals surface area contributed by atoms with Crippen molar-refractivity contribution in [3.63, 3.8) is 0 Å². The van der Waals surface area contributed by atoms with Gasteiger partial charge in [0.2, 0.25) is 0 Å². The van der Waals surface area contributed by atoms with Gasteiger partial charge in [-0.1, -0.05) is 5.21 Å². The van der Waals surface area contributed by atoms with E-state index in [-0.39, 0.29) is 35.5 Å².